The number of methoxy groups -OCH3 is 3. The molecule has 2 amide bonds. The molecule has 2 bridgehead atoms. The quantitative estimate of drug-likeness (QED) is 0.216. The maximum absolute atomic E-state index is 13.5. The number of hydrogen-bond donors (Lipinski definition) is 3. The van der Waals surface area contributed by atoms with Crippen molar-refractivity contribution in [1.29, 1.82) is 0 Å². The summed E-state index contributed by atoms with van der Waals surface area (Å²) in [6.45, 7) is 6.51. The zero-order valence-electron chi connectivity index (χ0n) is 26.6. The van der Waals surface area contributed by atoms with Gasteiger partial charge in [0.1, 0.15) is 12.2 Å². The van der Waals surface area contributed by atoms with E-state index in [2.05, 4.69) is 5.32 Å². The number of Topliss-reactive ketones (excluding diaryl/α,β-unsaturated/α-hetero) is 1. The van der Waals surface area contributed by atoms with E-state index in [0.29, 0.717) is 5.57 Å². The molecule has 1 heterocycles. The number of nitrogens with two attached hydrogens (primary N) is 2. The van der Waals surface area contributed by atoms with Crippen LogP contribution in [0.5, 0.6) is 0 Å². The summed E-state index contributed by atoms with van der Waals surface area (Å²) >= 11 is 0. The molecule has 14 heteroatoms. The molecule has 250 valence electrons. The number of ketones is 2. The molecule has 0 fully saturated rings. The Balaban J connectivity index is 0.0000101. The van der Waals surface area contributed by atoms with Crippen LogP contribution in [0.3, 0.4) is 0 Å². The van der Waals surface area contributed by atoms with Gasteiger partial charge < -0.3 is 40.5 Å². The lowest BCUT2D eigenvalue weighted by Crippen LogP contribution is -2.41. The van der Waals surface area contributed by atoms with Crippen LogP contribution in [0.4, 0.5) is 4.79 Å². The number of carbonyl (C=O) groups excluding carboxylic acids is 5. The van der Waals surface area contributed by atoms with Gasteiger partial charge in [0, 0.05) is 37.4 Å². The molecule has 13 nitrogen and oxygen atoms in total. The second kappa shape index (κ2) is 18.3. The van der Waals surface area contributed by atoms with E-state index < -0.39 is 59.9 Å². The molecule has 2 aliphatic rings. The lowest BCUT2D eigenvalue weighted by Gasteiger charge is -2.32. The highest BCUT2D eigenvalue weighted by Gasteiger charge is 2.35. The van der Waals surface area contributed by atoms with Gasteiger partial charge in [-0.1, -0.05) is 38.2 Å². The third kappa shape index (κ3) is 10.7. The summed E-state index contributed by atoms with van der Waals surface area (Å²) in [5.41, 5.74) is 11.6. The van der Waals surface area contributed by atoms with E-state index in [0.717, 1.165) is 6.08 Å². The van der Waals surface area contributed by atoms with E-state index in [1.165, 1.54) is 40.4 Å². The number of hydrogen-bond acceptors (Lipinski definition) is 11. The Morgan fingerprint density at radius 2 is 1.71 bits per heavy atom. The first-order chi connectivity index (χ1) is 20.8. The monoisotopic (exact) mass is 653 g/mol. The number of ether oxygens (including phenoxy) is 5. The molecular weight excluding hydrogens is 610 g/mol. The van der Waals surface area contributed by atoms with Crippen molar-refractivity contribution in [2.45, 2.75) is 65.0 Å². The minimum absolute atomic E-state index is 0. The second-order valence-electron chi connectivity index (χ2n) is 10.8. The van der Waals surface area contributed by atoms with Crippen LogP contribution >= 0.6 is 12.4 Å². The predicted octanol–water partition coefficient (Wildman–Crippen LogP) is 2.34. The summed E-state index contributed by atoms with van der Waals surface area (Å²) in [6, 6.07) is 0. The molecule has 1 aliphatic heterocycles. The summed E-state index contributed by atoms with van der Waals surface area (Å²) in [5.74, 6) is -3.28. The largest absolute Gasteiger partial charge is 0.492 e. The average molecular weight is 654 g/mol. The zero-order valence-corrected chi connectivity index (χ0v) is 27.4. The van der Waals surface area contributed by atoms with E-state index in [1.807, 2.05) is 6.92 Å². The van der Waals surface area contributed by atoms with Crippen molar-refractivity contribution >= 4 is 41.9 Å². The van der Waals surface area contributed by atoms with Gasteiger partial charge in [-0.2, -0.15) is 0 Å². The maximum atomic E-state index is 13.5. The van der Waals surface area contributed by atoms with Crippen LogP contribution in [0.2, 0.25) is 0 Å². The van der Waals surface area contributed by atoms with Crippen molar-refractivity contribution < 1.29 is 47.7 Å². The molecule has 5 unspecified atom stereocenters. The number of esters is 1. The van der Waals surface area contributed by atoms with E-state index in [-0.39, 0.29) is 60.3 Å². The first-order valence-electron chi connectivity index (χ1n) is 14.1. The maximum Gasteiger partial charge on any atom is 0.405 e. The summed E-state index contributed by atoms with van der Waals surface area (Å²) < 4.78 is 27.8. The van der Waals surface area contributed by atoms with Crippen molar-refractivity contribution in [2.24, 2.45) is 23.3 Å². The fourth-order valence-corrected chi connectivity index (χ4v) is 5.15. The molecule has 1 aliphatic carbocycles. The van der Waals surface area contributed by atoms with Gasteiger partial charge in [-0.3, -0.25) is 19.2 Å². The predicted molar refractivity (Wildman–Crippen MR) is 167 cm³/mol. The Labute approximate surface area is 269 Å². The molecule has 45 heavy (non-hydrogen) atoms. The number of rotatable bonds is 6. The number of nitrogens with one attached hydrogen (secondary N) is 1. The first-order valence-corrected chi connectivity index (χ1v) is 14.1. The van der Waals surface area contributed by atoms with Crippen molar-refractivity contribution in [3.8, 4) is 0 Å². The zero-order chi connectivity index (χ0) is 33.1. The Bertz CT molecular complexity index is 1290. The van der Waals surface area contributed by atoms with Crippen molar-refractivity contribution in [1.82, 2.24) is 5.32 Å². The fourth-order valence-electron chi connectivity index (χ4n) is 5.15. The van der Waals surface area contributed by atoms with Crippen LogP contribution in [0, 0.1) is 11.8 Å². The van der Waals surface area contributed by atoms with Crippen molar-refractivity contribution in [3.63, 3.8) is 0 Å². The Morgan fingerprint density at radius 1 is 1.04 bits per heavy atom. The lowest BCUT2D eigenvalue weighted by molar-refractivity contribution is -0.158. The lowest BCUT2D eigenvalue weighted by atomic mass is 9.85. The minimum atomic E-state index is -1.03. The molecule has 6 atom stereocenters. The summed E-state index contributed by atoms with van der Waals surface area (Å²) in [5, 5.41) is 2.52. The molecule has 2 rings (SSSR count). The molecule has 0 aromatic rings. The Hall–Kier alpha value is -3.78. The first kappa shape index (κ1) is 39.2. The number of primary amides is 1. The summed E-state index contributed by atoms with van der Waals surface area (Å²) in [6.07, 6.45) is 3.37. The number of amides is 2. The molecule has 0 spiro atoms. The highest BCUT2D eigenvalue weighted by Crippen LogP contribution is 2.30. The van der Waals surface area contributed by atoms with E-state index in [4.69, 9.17) is 35.2 Å². The Morgan fingerprint density at radius 3 is 2.27 bits per heavy atom. The molecule has 0 radical (unpaired) electrons. The van der Waals surface area contributed by atoms with Crippen LogP contribution < -0.4 is 16.8 Å². The van der Waals surface area contributed by atoms with Crippen LogP contribution in [0.15, 0.2) is 58.6 Å². The van der Waals surface area contributed by atoms with Gasteiger partial charge in [-0.15, -0.1) is 12.4 Å². The highest BCUT2D eigenvalue weighted by molar-refractivity contribution is 6.23. The molecule has 0 aromatic heterocycles. The van der Waals surface area contributed by atoms with Gasteiger partial charge in [0.2, 0.25) is 11.6 Å². The van der Waals surface area contributed by atoms with Gasteiger partial charge in [-0.25, -0.2) is 4.79 Å². The fraction of sp³-hybridized carbons (Fsp3) is 0.516. The van der Waals surface area contributed by atoms with Crippen molar-refractivity contribution in [3.05, 3.63) is 58.6 Å². The SMILES string of the molecule is COC1=C2CC(C)CC(OC)C(OC(=O)CN)[C@H](C)/C=C(\C)C(OC(N)=O)C(OC)/C=C\C=C(/C)C(=O)NC(=CC1=O)C2=O.Cl. The highest BCUT2D eigenvalue weighted by atomic mass is 35.5. The molecule has 0 aromatic carbocycles. The number of carbonyl (C=O) groups is 5. The molecule has 5 N–H and O–H groups in total. The van der Waals surface area contributed by atoms with Crippen LogP contribution in [-0.4, -0.2) is 81.8 Å². The smallest absolute Gasteiger partial charge is 0.405 e. The second-order valence-corrected chi connectivity index (χ2v) is 10.8. The van der Waals surface area contributed by atoms with Crippen LogP contribution in [0.25, 0.3) is 0 Å². The van der Waals surface area contributed by atoms with Gasteiger partial charge in [0.15, 0.2) is 11.9 Å². The van der Waals surface area contributed by atoms with Gasteiger partial charge >= 0.3 is 12.1 Å². The van der Waals surface area contributed by atoms with Gasteiger partial charge in [0.25, 0.3) is 5.91 Å². The number of halogens is 1. The molecule has 0 saturated carbocycles. The summed E-state index contributed by atoms with van der Waals surface area (Å²) in [7, 11) is 4.17. The standard InChI is InChI=1S/C31H43N3O10.ClH/c1-16-11-20-26(37)21(14-22(35)29(20)42-7)34-30(38)17(2)9-8-10-23(40-5)27(44-31(33)39)18(3)13-19(4)28(24(12-16)41-6)43-25(36)15-32;/h8-10,13-14,16,19,23-24,27-28H,11-12,15,32H2,1-7H3,(H2,33,39)(H,34,38);1H/b10-8-,17-9+,18-13+;/t16?,19-,23?,24?,27?,28?;/m1./s1. The van der Waals surface area contributed by atoms with E-state index >= 15 is 0 Å². The van der Waals surface area contributed by atoms with E-state index in [9.17, 15) is 24.0 Å². The van der Waals surface area contributed by atoms with E-state index in [1.54, 1.807) is 26.0 Å². The van der Waals surface area contributed by atoms with Gasteiger partial charge in [0.05, 0.1) is 25.5 Å². The van der Waals surface area contributed by atoms with Crippen LogP contribution in [0.1, 0.15) is 40.5 Å². The minimum Gasteiger partial charge on any atom is -0.492 e. The molecular formula is C31H44ClN3O10. The third-order valence-corrected chi connectivity index (χ3v) is 7.35. The molecule has 0 saturated heterocycles. The van der Waals surface area contributed by atoms with Crippen LogP contribution in [-0.2, 0) is 42.9 Å². The average Bonchev–Trinajstić information content (AvgIpc) is 2.97. The van der Waals surface area contributed by atoms with Gasteiger partial charge in [-0.05, 0) is 38.2 Å². The normalized spacial score (nSPS) is 30.0. The summed E-state index contributed by atoms with van der Waals surface area (Å²) in [4.78, 5) is 63.5. The topological polar surface area (TPSA) is 196 Å². The third-order valence-electron chi connectivity index (χ3n) is 7.35. The Kier molecular flexibility index (Phi) is 15.9. The number of allylic oxidation sites excluding steroid dienone is 4. The van der Waals surface area contributed by atoms with Crippen molar-refractivity contribution in [2.75, 3.05) is 27.9 Å². The number of fused-ring (bicyclic) bond motifs is 2.